The Kier molecular flexibility index (Phi) is 5.13. The summed E-state index contributed by atoms with van der Waals surface area (Å²) in [5.74, 6) is 0.619. The Balaban J connectivity index is 1.67. The summed E-state index contributed by atoms with van der Waals surface area (Å²) in [4.78, 5) is 16.6. The van der Waals surface area contributed by atoms with E-state index in [9.17, 15) is 4.79 Å². The van der Waals surface area contributed by atoms with Crippen LogP contribution >= 0.6 is 22.9 Å². The molecule has 6 heteroatoms. The zero-order valence-electron chi connectivity index (χ0n) is 13.0. The summed E-state index contributed by atoms with van der Waals surface area (Å²) in [6.07, 6.45) is 0.267. The Hall–Kier alpha value is -2.37. The normalized spacial score (nSPS) is 10.4. The van der Waals surface area contributed by atoms with Gasteiger partial charge in [-0.25, -0.2) is 4.98 Å². The summed E-state index contributed by atoms with van der Waals surface area (Å²) in [7, 11) is 1.60. The molecule has 24 heavy (non-hydrogen) atoms. The average Bonchev–Trinajstić information content (AvgIpc) is 3.03. The van der Waals surface area contributed by atoms with E-state index in [1.807, 2.05) is 53.9 Å². The van der Waals surface area contributed by atoms with Crippen molar-refractivity contribution in [2.24, 2.45) is 0 Å². The van der Waals surface area contributed by atoms with Crippen molar-refractivity contribution < 1.29 is 9.53 Å². The Labute approximate surface area is 149 Å². The number of nitrogens with one attached hydrogen (secondary N) is 1. The molecule has 0 aliphatic heterocycles. The molecule has 0 radical (unpaired) electrons. The molecule has 2 aromatic carbocycles. The van der Waals surface area contributed by atoms with Gasteiger partial charge in [0.25, 0.3) is 0 Å². The van der Waals surface area contributed by atoms with E-state index in [0.29, 0.717) is 10.2 Å². The van der Waals surface area contributed by atoms with Gasteiger partial charge in [-0.2, -0.15) is 0 Å². The first-order valence-corrected chi connectivity index (χ1v) is 8.54. The van der Waals surface area contributed by atoms with Gasteiger partial charge in [0, 0.05) is 16.0 Å². The number of carbonyl (C=O) groups is 1. The van der Waals surface area contributed by atoms with E-state index in [-0.39, 0.29) is 12.3 Å². The number of benzene rings is 2. The number of aromatic nitrogens is 1. The van der Waals surface area contributed by atoms with E-state index in [2.05, 4.69) is 10.3 Å². The minimum absolute atomic E-state index is 0.116. The molecular formula is C18H15ClN2O2S. The van der Waals surface area contributed by atoms with Crippen LogP contribution in [0.25, 0.3) is 11.3 Å². The number of ether oxygens (including phenoxy) is 1. The van der Waals surface area contributed by atoms with Gasteiger partial charge < -0.3 is 10.1 Å². The average molecular weight is 359 g/mol. The third-order valence-electron chi connectivity index (χ3n) is 3.37. The smallest absolute Gasteiger partial charge is 0.230 e. The van der Waals surface area contributed by atoms with Crippen LogP contribution < -0.4 is 10.1 Å². The van der Waals surface area contributed by atoms with Gasteiger partial charge in [-0.1, -0.05) is 35.9 Å². The van der Waals surface area contributed by atoms with Gasteiger partial charge >= 0.3 is 0 Å². The van der Waals surface area contributed by atoms with E-state index in [0.717, 1.165) is 22.6 Å². The maximum Gasteiger partial charge on any atom is 0.230 e. The first kappa shape index (κ1) is 16.5. The molecule has 122 valence electrons. The van der Waals surface area contributed by atoms with Gasteiger partial charge in [0.15, 0.2) is 5.13 Å². The van der Waals surface area contributed by atoms with Crippen LogP contribution in [0.5, 0.6) is 5.75 Å². The molecule has 0 spiro atoms. The lowest BCUT2D eigenvalue weighted by atomic mass is 10.1. The Bertz CT molecular complexity index is 863. The molecule has 4 nitrogen and oxygen atoms in total. The fourth-order valence-electron chi connectivity index (χ4n) is 2.24. The Morgan fingerprint density at radius 1 is 1.25 bits per heavy atom. The highest BCUT2D eigenvalue weighted by atomic mass is 35.5. The monoisotopic (exact) mass is 358 g/mol. The summed E-state index contributed by atoms with van der Waals surface area (Å²) in [6.45, 7) is 0. The fourth-order valence-corrected chi connectivity index (χ4v) is 3.17. The van der Waals surface area contributed by atoms with Crippen LogP contribution in [0.3, 0.4) is 0 Å². The summed E-state index contributed by atoms with van der Waals surface area (Å²) in [6, 6.07) is 14.9. The highest BCUT2D eigenvalue weighted by molar-refractivity contribution is 7.14. The lowest BCUT2D eigenvalue weighted by Gasteiger charge is -2.04. The van der Waals surface area contributed by atoms with Crippen LogP contribution in [-0.4, -0.2) is 18.0 Å². The van der Waals surface area contributed by atoms with Crippen molar-refractivity contribution in [3.8, 4) is 17.0 Å². The maximum absolute atomic E-state index is 12.2. The van der Waals surface area contributed by atoms with Crippen LogP contribution in [0.1, 0.15) is 5.56 Å². The summed E-state index contributed by atoms with van der Waals surface area (Å²) in [5.41, 5.74) is 2.60. The number of halogens is 1. The molecule has 0 aliphatic rings. The van der Waals surface area contributed by atoms with Crippen LogP contribution in [-0.2, 0) is 11.2 Å². The lowest BCUT2D eigenvalue weighted by molar-refractivity contribution is -0.115. The highest BCUT2D eigenvalue weighted by Gasteiger charge is 2.09. The number of rotatable bonds is 5. The van der Waals surface area contributed by atoms with Crippen LogP contribution in [0, 0.1) is 0 Å². The number of thiazole rings is 1. The number of anilines is 1. The number of hydrogen-bond donors (Lipinski definition) is 1. The standard InChI is InChI=1S/C18H15ClN2O2S/c1-23-15-7-2-4-12(8-15)9-17(22)21-18-20-16(11-24-18)13-5-3-6-14(19)10-13/h2-8,10-11H,9H2,1H3,(H,20,21,22). The van der Waals surface area contributed by atoms with E-state index >= 15 is 0 Å². The molecule has 3 aromatic rings. The predicted octanol–water partition coefficient (Wildman–Crippen LogP) is 4.65. The van der Waals surface area contributed by atoms with E-state index < -0.39 is 0 Å². The second-order valence-corrected chi connectivity index (χ2v) is 6.42. The number of methoxy groups -OCH3 is 1. The molecule has 0 unspecified atom stereocenters. The maximum atomic E-state index is 12.2. The molecule has 1 N–H and O–H groups in total. The second-order valence-electron chi connectivity index (χ2n) is 5.12. The molecule has 1 aromatic heterocycles. The Morgan fingerprint density at radius 3 is 2.88 bits per heavy atom. The van der Waals surface area contributed by atoms with Crippen molar-refractivity contribution in [3.63, 3.8) is 0 Å². The topological polar surface area (TPSA) is 51.2 Å². The second kappa shape index (κ2) is 7.47. The summed E-state index contributed by atoms with van der Waals surface area (Å²) >= 11 is 7.38. The third kappa shape index (κ3) is 4.13. The highest BCUT2D eigenvalue weighted by Crippen LogP contribution is 2.26. The van der Waals surface area contributed by atoms with Crippen molar-refractivity contribution in [3.05, 3.63) is 64.5 Å². The largest absolute Gasteiger partial charge is 0.497 e. The van der Waals surface area contributed by atoms with Gasteiger partial charge in [0.2, 0.25) is 5.91 Å². The van der Waals surface area contributed by atoms with Crippen molar-refractivity contribution >= 4 is 34.0 Å². The zero-order chi connectivity index (χ0) is 16.9. The van der Waals surface area contributed by atoms with Gasteiger partial charge in [-0.05, 0) is 29.8 Å². The first-order chi connectivity index (χ1) is 11.6. The van der Waals surface area contributed by atoms with E-state index in [1.54, 1.807) is 7.11 Å². The molecule has 0 fully saturated rings. The third-order valence-corrected chi connectivity index (χ3v) is 4.36. The number of carbonyl (C=O) groups excluding carboxylic acids is 1. The molecule has 0 saturated carbocycles. The molecule has 0 aliphatic carbocycles. The predicted molar refractivity (Wildman–Crippen MR) is 97.9 cm³/mol. The first-order valence-electron chi connectivity index (χ1n) is 7.28. The lowest BCUT2D eigenvalue weighted by Crippen LogP contribution is -2.14. The number of hydrogen-bond acceptors (Lipinski definition) is 4. The Morgan fingerprint density at radius 2 is 2.08 bits per heavy atom. The van der Waals surface area contributed by atoms with Gasteiger partial charge in [-0.15, -0.1) is 11.3 Å². The molecule has 0 atom stereocenters. The van der Waals surface area contributed by atoms with Crippen molar-refractivity contribution in [2.45, 2.75) is 6.42 Å². The van der Waals surface area contributed by atoms with Crippen LogP contribution in [0.2, 0.25) is 5.02 Å². The van der Waals surface area contributed by atoms with Gasteiger partial charge in [-0.3, -0.25) is 4.79 Å². The minimum atomic E-state index is -0.116. The molecule has 1 heterocycles. The number of nitrogens with zero attached hydrogens (tertiary/aromatic N) is 1. The molecule has 3 rings (SSSR count). The van der Waals surface area contributed by atoms with Crippen molar-refractivity contribution in [1.29, 1.82) is 0 Å². The summed E-state index contributed by atoms with van der Waals surface area (Å²) < 4.78 is 5.16. The van der Waals surface area contributed by atoms with Gasteiger partial charge in [0.05, 0.1) is 19.2 Å². The van der Waals surface area contributed by atoms with E-state index in [1.165, 1.54) is 11.3 Å². The molecule has 0 saturated heterocycles. The fraction of sp³-hybridized carbons (Fsp3) is 0.111. The van der Waals surface area contributed by atoms with Crippen molar-refractivity contribution in [2.75, 3.05) is 12.4 Å². The minimum Gasteiger partial charge on any atom is -0.497 e. The SMILES string of the molecule is COc1cccc(CC(=O)Nc2nc(-c3cccc(Cl)c3)cs2)c1. The summed E-state index contributed by atoms with van der Waals surface area (Å²) in [5, 5.41) is 5.95. The molecular weight excluding hydrogens is 344 g/mol. The van der Waals surface area contributed by atoms with Crippen LogP contribution in [0.4, 0.5) is 5.13 Å². The molecule has 1 amide bonds. The van der Waals surface area contributed by atoms with Crippen LogP contribution in [0.15, 0.2) is 53.9 Å². The van der Waals surface area contributed by atoms with E-state index in [4.69, 9.17) is 16.3 Å². The molecule has 0 bridgehead atoms. The van der Waals surface area contributed by atoms with Gasteiger partial charge in [0.1, 0.15) is 5.75 Å². The van der Waals surface area contributed by atoms with Crippen molar-refractivity contribution in [1.82, 2.24) is 4.98 Å². The zero-order valence-corrected chi connectivity index (χ0v) is 14.5. The number of amides is 1. The quantitative estimate of drug-likeness (QED) is 0.722.